The van der Waals surface area contributed by atoms with Gasteiger partial charge in [0.25, 0.3) is 0 Å². The Bertz CT molecular complexity index is 914. The van der Waals surface area contributed by atoms with Crippen LogP contribution in [0.4, 0.5) is 5.82 Å². The Balaban J connectivity index is 1.20. The third-order valence-electron chi connectivity index (χ3n) is 6.85. The lowest BCUT2D eigenvalue weighted by Crippen LogP contribution is -2.50. The number of fused-ring (bicyclic) bond motifs is 1. The molecule has 7 heteroatoms. The van der Waals surface area contributed by atoms with Gasteiger partial charge in [-0.15, -0.1) is 0 Å². The van der Waals surface area contributed by atoms with Crippen LogP contribution in [0.3, 0.4) is 0 Å². The first-order valence-corrected chi connectivity index (χ1v) is 11.9. The van der Waals surface area contributed by atoms with Gasteiger partial charge in [0.2, 0.25) is 0 Å². The van der Waals surface area contributed by atoms with Crippen LogP contribution in [0.5, 0.6) is 0 Å². The zero-order valence-corrected chi connectivity index (χ0v) is 19.0. The Hall–Kier alpha value is -2.64. The number of hydrogen-bond acceptors (Lipinski definition) is 5. The smallest absolute Gasteiger partial charge is 0.194 e. The van der Waals surface area contributed by atoms with Gasteiger partial charge >= 0.3 is 0 Å². The molecule has 1 N–H and O–H groups in total. The maximum Gasteiger partial charge on any atom is 0.194 e. The molecular formula is C25H34N6O. The number of aromatic nitrogens is 1. The number of guanidine groups is 1. The molecule has 170 valence electrons. The predicted octanol–water partition coefficient (Wildman–Crippen LogP) is 2.34. The number of pyridine rings is 1. The maximum absolute atomic E-state index is 6.15. The van der Waals surface area contributed by atoms with Gasteiger partial charge in [0.1, 0.15) is 5.82 Å². The molecule has 0 radical (unpaired) electrons. The summed E-state index contributed by atoms with van der Waals surface area (Å²) >= 11 is 0. The summed E-state index contributed by atoms with van der Waals surface area (Å²) in [5, 5.41) is 3.58. The lowest BCUT2D eigenvalue weighted by Gasteiger charge is -2.36. The molecule has 0 bridgehead atoms. The lowest BCUT2D eigenvalue weighted by molar-refractivity contribution is -0.0502. The second-order valence-corrected chi connectivity index (χ2v) is 8.95. The van der Waals surface area contributed by atoms with Crippen LogP contribution >= 0.6 is 0 Å². The van der Waals surface area contributed by atoms with Gasteiger partial charge in [-0.3, -0.25) is 9.89 Å². The molecule has 2 atom stereocenters. The van der Waals surface area contributed by atoms with Crippen LogP contribution in [0.1, 0.15) is 24.0 Å². The summed E-state index contributed by atoms with van der Waals surface area (Å²) in [6.45, 7) is 7.54. The highest BCUT2D eigenvalue weighted by atomic mass is 16.5. The van der Waals surface area contributed by atoms with E-state index in [9.17, 15) is 0 Å². The van der Waals surface area contributed by atoms with Gasteiger partial charge in [0.15, 0.2) is 5.96 Å². The van der Waals surface area contributed by atoms with E-state index in [2.05, 4.69) is 72.5 Å². The number of aliphatic imine (C=N–C) groups is 1. The number of benzene rings is 1. The van der Waals surface area contributed by atoms with Crippen LogP contribution < -0.4 is 10.2 Å². The van der Waals surface area contributed by atoms with Crippen molar-refractivity contribution in [3.05, 3.63) is 59.8 Å². The summed E-state index contributed by atoms with van der Waals surface area (Å²) in [7, 11) is 1.87. The molecule has 2 unspecified atom stereocenters. The summed E-state index contributed by atoms with van der Waals surface area (Å²) in [4.78, 5) is 16.5. The zero-order valence-electron chi connectivity index (χ0n) is 19.0. The molecule has 2 aromatic rings. The van der Waals surface area contributed by atoms with Gasteiger partial charge in [-0.05, 0) is 36.1 Å². The maximum atomic E-state index is 6.15. The van der Waals surface area contributed by atoms with Gasteiger partial charge in [-0.1, -0.05) is 30.3 Å². The molecule has 3 aliphatic heterocycles. The van der Waals surface area contributed by atoms with E-state index in [0.717, 1.165) is 64.2 Å². The minimum Gasteiger partial charge on any atom is -0.373 e. The van der Waals surface area contributed by atoms with Gasteiger partial charge < -0.3 is 19.9 Å². The second-order valence-electron chi connectivity index (χ2n) is 8.95. The largest absolute Gasteiger partial charge is 0.373 e. The Morgan fingerprint density at radius 3 is 2.75 bits per heavy atom. The molecule has 7 nitrogen and oxygen atoms in total. The summed E-state index contributed by atoms with van der Waals surface area (Å²) in [5.74, 6) is 2.04. The van der Waals surface area contributed by atoms with Crippen molar-refractivity contribution in [1.29, 1.82) is 0 Å². The molecule has 0 saturated carbocycles. The van der Waals surface area contributed by atoms with Crippen LogP contribution in [0.25, 0.3) is 0 Å². The lowest BCUT2D eigenvalue weighted by atomic mass is 10.1. The van der Waals surface area contributed by atoms with E-state index in [1.165, 1.54) is 24.0 Å². The third kappa shape index (κ3) is 4.74. The van der Waals surface area contributed by atoms with Gasteiger partial charge in [-0.25, -0.2) is 4.98 Å². The quantitative estimate of drug-likeness (QED) is 0.576. The number of rotatable bonds is 5. The minimum atomic E-state index is 0.230. The van der Waals surface area contributed by atoms with E-state index in [1.54, 1.807) is 0 Å². The average Bonchev–Trinajstić information content (AvgIpc) is 3.51. The number of nitrogens with zero attached hydrogens (tertiary/aromatic N) is 5. The molecule has 32 heavy (non-hydrogen) atoms. The minimum absolute atomic E-state index is 0.230. The highest BCUT2D eigenvalue weighted by Gasteiger charge is 2.41. The van der Waals surface area contributed by atoms with Gasteiger partial charge in [0.05, 0.1) is 18.8 Å². The third-order valence-corrected chi connectivity index (χ3v) is 6.85. The normalized spacial score (nSPS) is 24.1. The van der Waals surface area contributed by atoms with Crippen molar-refractivity contribution in [2.75, 3.05) is 51.3 Å². The molecule has 4 heterocycles. The first-order valence-electron chi connectivity index (χ1n) is 11.9. The number of nitrogens with one attached hydrogen (secondary N) is 1. The monoisotopic (exact) mass is 434 g/mol. The Morgan fingerprint density at radius 1 is 1.09 bits per heavy atom. The van der Waals surface area contributed by atoms with E-state index in [-0.39, 0.29) is 6.10 Å². The molecule has 3 saturated heterocycles. The van der Waals surface area contributed by atoms with Crippen molar-refractivity contribution in [3.8, 4) is 0 Å². The molecule has 1 aromatic carbocycles. The first kappa shape index (κ1) is 21.2. The summed E-state index contributed by atoms with van der Waals surface area (Å²) in [5.41, 5.74) is 2.60. The van der Waals surface area contributed by atoms with Crippen LogP contribution in [0.15, 0.2) is 53.7 Å². The molecule has 3 aliphatic rings. The van der Waals surface area contributed by atoms with E-state index >= 15 is 0 Å². The summed E-state index contributed by atoms with van der Waals surface area (Å²) in [6, 6.07) is 15.4. The molecule has 0 amide bonds. The van der Waals surface area contributed by atoms with E-state index in [0.29, 0.717) is 6.04 Å². The first-order chi connectivity index (χ1) is 15.8. The van der Waals surface area contributed by atoms with Gasteiger partial charge in [-0.2, -0.15) is 0 Å². The van der Waals surface area contributed by atoms with E-state index in [1.807, 2.05) is 13.2 Å². The highest BCUT2D eigenvalue weighted by molar-refractivity contribution is 5.80. The SMILES string of the molecule is CN=C(NCc1ccnc(N2CCCC2)c1)N1CC2OCCN(Cc3ccccc3)C2C1. The van der Waals surface area contributed by atoms with Crippen molar-refractivity contribution in [3.63, 3.8) is 0 Å². The zero-order chi connectivity index (χ0) is 21.8. The molecule has 3 fully saturated rings. The van der Waals surface area contributed by atoms with E-state index in [4.69, 9.17) is 4.74 Å². The van der Waals surface area contributed by atoms with Crippen molar-refractivity contribution < 1.29 is 4.74 Å². The van der Waals surface area contributed by atoms with Gasteiger partial charge in [0, 0.05) is 59.1 Å². The van der Waals surface area contributed by atoms with Crippen LogP contribution in [0.2, 0.25) is 0 Å². The second kappa shape index (κ2) is 9.88. The van der Waals surface area contributed by atoms with Crippen molar-refractivity contribution in [1.82, 2.24) is 20.1 Å². The van der Waals surface area contributed by atoms with Crippen LogP contribution in [-0.2, 0) is 17.8 Å². The molecule has 0 aliphatic carbocycles. The summed E-state index contributed by atoms with van der Waals surface area (Å²) in [6.07, 6.45) is 4.68. The number of likely N-dealkylation sites (tertiary alicyclic amines) is 1. The number of morpholine rings is 1. The standard InChI is InChI=1S/C25H34N6O/c1-26-25(28-16-21-9-10-27-24(15-21)29-11-5-6-12-29)31-18-22-23(19-31)32-14-13-30(22)17-20-7-3-2-4-8-20/h2-4,7-10,15,22-23H,5-6,11-14,16-19H2,1H3,(H,26,28). The topological polar surface area (TPSA) is 56.2 Å². The highest BCUT2D eigenvalue weighted by Crippen LogP contribution is 2.25. The Labute approximate surface area is 191 Å². The molecule has 5 rings (SSSR count). The fraction of sp³-hybridized carbons (Fsp3) is 0.520. The van der Waals surface area contributed by atoms with Crippen molar-refractivity contribution in [2.24, 2.45) is 4.99 Å². The van der Waals surface area contributed by atoms with Crippen LogP contribution in [0, 0.1) is 0 Å². The Kier molecular flexibility index (Phi) is 6.55. The van der Waals surface area contributed by atoms with Crippen molar-refractivity contribution in [2.45, 2.75) is 38.1 Å². The van der Waals surface area contributed by atoms with Crippen LogP contribution in [-0.4, -0.2) is 79.3 Å². The number of ether oxygens (including phenoxy) is 1. The average molecular weight is 435 g/mol. The molecule has 0 spiro atoms. The molecular weight excluding hydrogens is 400 g/mol. The van der Waals surface area contributed by atoms with E-state index < -0.39 is 0 Å². The fourth-order valence-electron chi connectivity index (χ4n) is 5.15. The molecule has 1 aromatic heterocycles. The predicted molar refractivity (Wildman–Crippen MR) is 128 cm³/mol. The fourth-order valence-corrected chi connectivity index (χ4v) is 5.15. The van der Waals surface area contributed by atoms with Crippen molar-refractivity contribution >= 4 is 11.8 Å². The number of anilines is 1. The number of hydrogen-bond donors (Lipinski definition) is 1. The summed E-state index contributed by atoms with van der Waals surface area (Å²) < 4.78 is 6.15. The Morgan fingerprint density at radius 2 is 1.94 bits per heavy atom.